The highest BCUT2D eigenvalue weighted by Crippen LogP contribution is 2.30. The number of carbonyl (C=O) groups is 1. The number of benzene rings is 2. The van der Waals surface area contributed by atoms with Gasteiger partial charge in [0, 0.05) is 18.1 Å². The summed E-state index contributed by atoms with van der Waals surface area (Å²) >= 11 is 7.45. The van der Waals surface area contributed by atoms with Gasteiger partial charge in [0.05, 0.1) is 22.4 Å². The third kappa shape index (κ3) is 6.44. The highest BCUT2D eigenvalue weighted by molar-refractivity contribution is 7.99. The molecular formula is C23H21ClN6O2S. The fourth-order valence-corrected chi connectivity index (χ4v) is 3.85. The minimum Gasteiger partial charge on any atom is -0.483 e. The molecule has 0 unspecified atom stereocenters. The molecule has 2 aromatic heterocycles. The first-order valence-corrected chi connectivity index (χ1v) is 11.3. The van der Waals surface area contributed by atoms with Gasteiger partial charge in [0.2, 0.25) is 5.91 Å². The predicted octanol–water partition coefficient (Wildman–Crippen LogP) is 4.21. The third-order valence-corrected chi connectivity index (χ3v) is 5.71. The average Bonchev–Trinajstić information content (AvgIpc) is 3.25. The maximum absolute atomic E-state index is 10.9. The summed E-state index contributed by atoms with van der Waals surface area (Å²) in [5.74, 6) is 1.04. The molecule has 33 heavy (non-hydrogen) atoms. The van der Waals surface area contributed by atoms with Crippen LogP contribution in [-0.4, -0.2) is 31.4 Å². The van der Waals surface area contributed by atoms with Gasteiger partial charge in [-0.2, -0.15) is 5.26 Å². The van der Waals surface area contributed by atoms with Crippen LogP contribution < -0.4 is 10.5 Å². The molecule has 2 aromatic carbocycles. The lowest BCUT2D eigenvalue weighted by Gasteiger charge is -2.10. The minimum atomic E-state index is -0.396. The van der Waals surface area contributed by atoms with Crippen molar-refractivity contribution in [1.82, 2.24) is 19.7 Å². The van der Waals surface area contributed by atoms with Crippen LogP contribution in [0.15, 0.2) is 66.0 Å². The molecule has 0 spiro atoms. The number of primary amides is 1. The van der Waals surface area contributed by atoms with Gasteiger partial charge in [-0.15, -0.1) is 10.2 Å². The molecule has 0 saturated carbocycles. The standard InChI is InChI=1S/C16H16ClN5O2S.C7H5N/c1-2-22-14(20-21-16(22)25-9-13(18)23)8-24-12-6-5-11(17)10-4-3-7-19-15(10)12;8-6-7-4-2-1-3-5-7/h3-7H,2,8-9H2,1H3,(H2,18,23);1-5H. The molecule has 0 aliphatic heterocycles. The maximum Gasteiger partial charge on any atom is 0.227 e. The van der Waals surface area contributed by atoms with Crippen LogP contribution in [0.2, 0.25) is 5.02 Å². The molecule has 8 nitrogen and oxygen atoms in total. The Morgan fingerprint density at radius 1 is 1.18 bits per heavy atom. The summed E-state index contributed by atoms with van der Waals surface area (Å²) in [5, 5.41) is 18.6. The second-order valence-electron chi connectivity index (χ2n) is 6.61. The zero-order valence-corrected chi connectivity index (χ0v) is 19.4. The Bertz CT molecular complexity index is 1270. The molecule has 168 valence electrons. The van der Waals surface area contributed by atoms with Crippen molar-refractivity contribution in [3.63, 3.8) is 0 Å². The van der Waals surface area contributed by atoms with E-state index in [1.165, 1.54) is 11.8 Å². The van der Waals surface area contributed by atoms with Crippen molar-refractivity contribution >= 4 is 40.2 Å². The van der Waals surface area contributed by atoms with E-state index in [1.807, 2.05) is 47.9 Å². The zero-order valence-electron chi connectivity index (χ0n) is 17.8. The van der Waals surface area contributed by atoms with Crippen molar-refractivity contribution in [2.24, 2.45) is 5.73 Å². The lowest BCUT2D eigenvalue weighted by atomic mass is 10.2. The number of ether oxygens (including phenoxy) is 1. The highest BCUT2D eigenvalue weighted by Gasteiger charge is 2.14. The van der Waals surface area contributed by atoms with Gasteiger partial charge in [0.15, 0.2) is 11.0 Å². The van der Waals surface area contributed by atoms with Crippen LogP contribution in [0.25, 0.3) is 10.9 Å². The zero-order chi connectivity index (χ0) is 23.6. The Labute approximate surface area is 200 Å². The van der Waals surface area contributed by atoms with Crippen molar-refractivity contribution in [2.75, 3.05) is 5.75 Å². The molecule has 0 atom stereocenters. The number of fused-ring (bicyclic) bond motifs is 1. The van der Waals surface area contributed by atoms with Crippen LogP contribution in [0, 0.1) is 11.3 Å². The van der Waals surface area contributed by atoms with Crippen molar-refractivity contribution in [1.29, 1.82) is 5.26 Å². The van der Waals surface area contributed by atoms with E-state index in [9.17, 15) is 4.79 Å². The number of rotatable bonds is 7. The number of nitrogens with zero attached hydrogens (tertiary/aromatic N) is 5. The van der Waals surface area contributed by atoms with Gasteiger partial charge in [0.1, 0.15) is 17.9 Å². The first-order chi connectivity index (χ1) is 16.0. The topological polar surface area (TPSA) is 120 Å². The first-order valence-electron chi connectivity index (χ1n) is 9.97. The molecule has 4 rings (SSSR count). The van der Waals surface area contributed by atoms with Gasteiger partial charge >= 0.3 is 0 Å². The SMILES string of the molecule is CCn1c(COc2ccc(Cl)c3cccnc23)nnc1SCC(N)=O.N#Cc1ccccc1. The summed E-state index contributed by atoms with van der Waals surface area (Å²) < 4.78 is 7.78. The molecular weight excluding hydrogens is 460 g/mol. The molecule has 0 aliphatic carbocycles. The Hall–Kier alpha value is -3.61. The number of pyridine rings is 1. The maximum atomic E-state index is 10.9. The summed E-state index contributed by atoms with van der Waals surface area (Å²) in [7, 11) is 0. The van der Waals surface area contributed by atoms with Crippen LogP contribution >= 0.6 is 23.4 Å². The lowest BCUT2D eigenvalue weighted by Crippen LogP contribution is -2.14. The van der Waals surface area contributed by atoms with E-state index in [4.69, 9.17) is 27.3 Å². The van der Waals surface area contributed by atoms with Crippen molar-refractivity contribution in [3.05, 3.63) is 77.2 Å². The van der Waals surface area contributed by atoms with Crippen LogP contribution in [0.1, 0.15) is 18.3 Å². The van der Waals surface area contributed by atoms with Crippen molar-refractivity contribution in [2.45, 2.75) is 25.2 Å². The van der Waals surface area contributed by atoms with Crippen LogP contribution in [0.4, 0.5) is 0 Å². The second kappa shape index (κ2) is 11.9. The molecule has 0 bridgehead atoms. The van der Waals surface area contributed by atoms with Gasteiger partial charge in [-0.05, 0) is 43.3 Å². The molecule has 2 N–H and O–H groups in total. The largest absolute Gasteiger partial charge is 0.483 e. The van der Waals surface area contributed by atoms with E-state index < -0.39 is 5.91 Å². The Morgan fingerprint density at radius 2 is 1.97 bits per heavy atom. The van der Waals surface area contributed by atoms with Gasteiger partial charge < -0.3 is 15.0 Å². The van der Waals surface area contributed by atoms with Gasteiger partial charge in [0.25, 0.3) is 0 Å². The number of hydrogen-bond donors (Lipinski definition) is 1. The van der Waals surface area contributed by atoms with E-state index in [0.29, 0.717) is 39.4 Å². The number of thioether (sulfide) groups is 1. The lowest BCUT2D eigenvalue weighted by molar-refractivity contribution is -0.115. The number of aromatic nitrogens is 4. The number of carbonyl (C=O) groups excluding carboxylic acids is 1. The van der Waals surface area contributed by atoms with E-state index in [-0.39, 0.29) is 12.4 Å². The molecule has 2 heterocycles. The summed E-state index contributed by atoms with van der Waals surface area (Å²) in [6.45, 7) is 2.86. The summed E-state index contributed by atoms with van der Waals surface area (Å²) in [5.41, 5.74) is 6.59. The third-order valence-electron chi connectivity index (χ3n) is 4.39. The van der Waals surface area contributed by atoms with Crippen LogP contribution in [0.3, 0.4) is 0 Å². The molecule has 0 aliphatic rings. The quantitative estimate of drug-likeness (QED) is 0.393. The Balaban J connectivity index is 0.000000323. The molecule has 0 fully saturated rings. The average molecular weight is 481 g/mol. The second-order valence-corrected chi connectivity index (χ2v) is 7.96. The highest BCUT2D eigenvalue weighted by atomic mass is 35.5. The fourth-order valence-electron chi connectivity index (χ4n) is 2.87. The number of halogens is 1. The van der Waals surface area contributed by atoms with Crippen molar-refractivity contribution in [3.8, 4) is 11.8 Å². The van der Waals surface area contributed by atoms with Gasteiger partial charge in [-0.1, -0.05) is 41.6 Å². The number of nitrogens with two attached hydrogens (primary N) is 1. The molecule has 0 radical (unpaired) electrons. The fraction of sp³-hybridized carbons (Fsp3) is 0.174. The summed E-state index contributed by atoms with van der Waals surface area (Å²) in [4.78, 5) is 15.3. The Morgan fingerprint density at radius 3 is 2.64 bits per heavy atom. The smallest absolute Gasteiger partial charge is 0.227 e. The normalized spacial score (nSPS) is 10.2. The number of amides is 1. The monoisotopic (exact) mass is 480 g/mol. The van der Waals surface area contributed by atoms with Gasteiger partial charge in [-0.25, -0.2) is 0 Å². The predicted molar refractivity (Wildman–Crippen MR) is 128 cm³/mol. The van der Waals surface area contributed by atoms with E-state index in [0.717, 1.165) is 5.39 Å². The van der Waals surface area contributed by atoms with E-state index >= 15 is 0 Å². The van der Waals surface area contributed by atoms with Crippen LogP contribution in [-0.2, 0) is 17.9 Å². The molecule has 0 saturated heterocycles. The van der Waals surface area contributed by atoms with Crippen molar-refractivity contribution < 1.29 is 9.53 Å². The number of nitriles is 1. The summed E-state index contributed by atoms with van der Waals surface area (Å²) in [6, 6.07) is 18.4. The molecule has 1 amide bonds. The van der Waals surface area contributed by atoms with E-state index in [2.05, 4.69) is 15.2 Å². The first kappa shape index (κ1) is 24.0. The Kier molecular flexibility index (Phi) is 8.63. The van der Waals surface area contributed by atoms with Gasteiger partial charge in [-0.3, -0.25) is 9.78 Å². The molecule has 4 aromatic rings. The molecule has 10 heteroatoms. The summed E-state index contributed by atoms with van der Waals surface area (Å²) in [6.07, 6.45) is 1.69. The van der Waals surface area contributed by atoms with E-state index in [1.54, 1.807) is 30.5 Å². The number of hydrogen-bond acceptors (Lipinski definition) is 7. The van der Waals surface area contributed by atoms with Crippen LogP contribution in [0.5, 0.6) is 5.75 Å². The minimum absolute atomic E-state index is 0.157.